The summed E-state index contributed by atoms with van der Waals surface area (Å²) in [5.41, 5.74) is 0. The predicted octanol–water partition coefficient (Wildman–Crippen LogP) is 8.00. The Morgan fingerprint density at radius 1 is 0.418 bits per heavy atom. The van der Waals surface area contributed by atoms with Crippen molar-refractivity contribution < 1.29 is 73.8 Å². The highest BCUT2D eigenvalue weighted by atomic mass is 16.7. The zero-order valence-electron chi connectivity index (χ0n) is 41.9. The monoisotopic (exact) mass is 963 g/mol. The quantitative estimate of drug-likeness (QED) is 0.0227. The molecule has 0 radical (unpaired) electrons. The lowest BCUT2D eigenvalue weighted by Gasteiger charge is -2.42. The fraction of sp³-hybridized carbons (Fsp3) is 0.962. The Bertz CT molecular complexity index is 1180. The van der Waals surface area contributed by atoms with Crippen LogP contribution in [-0.2, 0) is 38.0 Å². The molecule has 0 amide bonds. The number of unbranched alkanes of at least 4 members (excludes halogenated alkanes) is 29. The van der Waals surface area contributed by atoms with Gasteiger partial charge >= 0.3 is 11.9 Å². The number of hydrogen-bond donors (Lipinski definition) is 7. The molecule has 2 saturated heterocycles. The Balaban J connectivity index is 1.78. The average Bonchev–Trinajstić information content (AvgIpc) is 3.32. The molecule has 11 unspecified atom stereocenters. The molecule has 15 nitrogen and oxygen atoms in total. The summed E-state index contributed by atoms with van der Waals surface area (Å²) in [4.78, 5) is 25.8. The Kier molecular flexibility index (Phi) is 36.9. The number of rotatable bonds is 43. The molecule has 2 heterocycles. The molecule has 2 aliphatic heterocycles. The van der Waals surface area contributed by atoms with Crippen molar-refractivity contribution in [3.05, 3.63) is 0 Å². The summed E-state index contributed by atoms with van der Waals surface area (Å²) >= 11 is 0. The standard InChI is InChI=1S/C52H98O15/c1-3-5-7-9-11-13-15-17-19-20-21-23-25-27-29-31-33-35-44(55)65-40(37-62-43(54)34-32-30-28-26-24-22-18-16-14-12-10-8-6-4-2)38-63-51-50(61)48(59)46(57)42(67-51)39-64-52-49(60)47(58)45(56)41(36-53)66-52/h40-42,45-53,56-61H,3-39H2,1-2H3. The normalized spacial score (nSPS) is 25.9. The number of carbonyl (C=O) groups is 2. The topological polar surface area (TPSA) is 231 Å². The van der Waals surface area contributed by atoms with Crippen LogP contribution in [0.25, 0.3) is 0 Å². The molecule has 0 bridgehead atoms. The molecule has 0 spiro atoms. The molecule has 0 aromatic heterocycles. The fourth-order valence-corrected chi connectivity index (χ4v) is 8.87. The van der Waals surface area contributed by atoms with E-state index >= 15 is 0 Å². The van der Waals surface area contributed by atoms with E-state index in [4.69, 9.17) is 28.4 Å². The van der Waals surface area contributed by atoms with Crippen LogP contribution in [-0.4, -0.2) is 142 Å². The lowest BCUT2D eigenvalue weighted by Crippen LogP contribution is -2.61. The van der Waals surface area contributed by atoms with E-state index in [-0.39, 0.29) is 26.1 Å². The van der Waals surface area contributed by atoms with Gasteiger partial charge in [0.05, 0.1) is 19.8 Å². The molecule has 396 valence electrons. The highest BCUT2D eigenvalue weighted by Gasteiger charge is 2.47. The van der Waals surface area contributed by atoms with Gasteiger partial charge in [0, 0.05) is 12.8 Å². The zero-order chi connectivity index (χ0) is 48.9. The van der Waals surface area contributed by atoms with E-state index in [0.29, 0.717) is 12.8 Å². The van der Waals surface area contributed by atoms with Gasteiger partial charge in [-0.2, -0.15) is 0 Å². The third kappa shape index (κ3) is 28.2. The van der Waals surface area contributed by atoms with Gasteiger partial charge in [-0.3, -0.25) is 9.59 Å². The van der Waals surface area contributed by atoms with Crippen molar-refractivity contribution in [2.75, 3.05) is 26.4 Å². The van der Waals surface area contributed by atoms with Crippen molar-refractivity contribution in [3.63, 3.8) is 0 Å². The molecule has 11 atom stereocenters. The molecule has 0 saturated carbocycles. The zero-order valence-corrected chi connectivity index (χ0v) is 41.9. The SMILES string of the molecule is CCCCCCCCCCCCCCCCCCCC(=O)OC(COC(=O)CCCCCCCCCCCCCCCC)COC1OC(COC2OC(CO)C(O)C(O)C2O)C(O)C(O)C1O. The maximum Gasteiger partial charge on any atom is 0.306 e. The van der Waals surface area contributed by atoms with Crippen molar-refractivity contribution in [3.8, 4) is 0 Å². The summed E-state index contributed by atoms with van der Waals surface area (Å²) in [5.74, 6) is -0.907. The van der Waals surface area contributed by atoms with Crippen LogP contribution in [0.4, 0.5) is 0 Å². The molecule has 0 aromatic carbocycles. The fourth-order valence-electron chi connectivity index (χ4n) is 8.87. The minimum atomic E-state index is -1.76. The maximum absolute atomic E-state index is 13.0. The van der Waals surface area contributed by atoms with Crippen molar-refractivity contribution in [1.82, 2.24) is 0 Å². The van der Waals surface area contributed by atoms with Crippen LogP contribution in [0.3, 0.4) is 0 Å². The van der Waals surface area contributed by atoms with Gasteiger partial charge in [-0.05, 0) is 12.8 Å². The predicted molar refractivity (Wildman–Crippen MR) is 257 cm³/mol. The van der Waals surface area contributed by atoms with Gasteiger partial charge in [0.2, 0.25) is 0 Å². The van der Waals surface area contributed by atoms with Crippen molar-refractivity contribution >= 4 is 11.9 Å². The van der Waals surface area contributed by atoms with Crippen LogP contribution in [0, 0.1) is 0 Å². The number of aliphatic hydroxyl groups excluding tert-OH is 7. The van der Waals surface area contributed by atoms with E-state index in [1.165, 1.54) is 148 Å². The highest BCUT2D eigenvalue weighted by Crippen LogP contribution is 2.27. The number of carbonyl (C=O) groups excluding carboxylic acids is 2. The van der Waals surface area contributed by atoms with E-state index in [2.05, 4.69) is 13.8 Å². The smallest absolute Gasteiger partial charge is 0.306 e. The first-order valence-electron chi connectivity index (χ1n) is 27.1. The first-order chi connectivity index (χ1) is 32.5. The minimum absolute atomic E-state index is 0.174. The maximum atomic E-state index is 13.0. The molecule has 7 N–H and O–H groups in total. The second-order valence-electron chi connectivity index (χ2n) is 19.4. The van der Waals surface area contributed by atoms with Crippen LogP contribution >= 0.6 is 0 Å². The molecule has 2 aliphatic rings. The van der Waals surface area contributed by atoms with Crippen LogP contribution < -0.4 is 0 Å². The van der Waals surface area contributed by atoms with E-state index in [9.17, 15) is 45.3 Å². The molecule has 2 rings (SSSR count). The van der Waals surface area contributed by atoms with Crippen LogP contribution in [0.2, 0.25) is 0 Å². The largest absolute Gasteiger partial charge is 0.462 e. The van der Waals surface area contributed by atoms with Crippen molar-refractivity contribution in [2.45, 2.75) is 293 Å². The van der Waals surface area contributed by atoms with Gasteiger partial charge in [0.15, 0.2) is 18.7 Å². The second kappa shape index (κ2) is 40.1. The molecule has 67 heavy (non-hydrogen) atoms. The molecule has 2 fully saturated rings. The summed E-state index contributed by atoms with van der Waals surface area (Å²) in [6.45, 7) is 2.63. The van der Waals surface area contributed by atoms with Gasteiger partial charge < -0.3 is 64.2 Å². The minimum Gasteiger partial charge on any atom is -0.462 e. The van der Waals surface area contributed by atoms with Gasteiger partial charge in [0.25, 0.3) is 0 Å². The third-order valence-electron chi connectivity index (χ3n) is 13.3. The van der Waals surface area contributed by atoms with Crippen molar-refractivity contribution in [2.24, 2.45) is 0 Å². The molecule has 0 aromatic rings. The lowest BCUT2D eigenvalue weighted by atomic mass is 9.98. The van der Waals surface area contributed by atoms with Gasteiger partial charge in [-0.1, -0.05) is 200 Å². The van der Waals surface area contributed by atoms with Crippen molar-refractivity contribution in [1.29, 1.82) is 0 Å². The molecular formula is C52H98O15. The summed E-state index contributed by atoms with van der Waals surface area (Å²) in [7, 11) is 0. The Hall–Kier alpha value is -1.50. The lowest BCUT2D eigenvalue weighted by molar-refractivity contribution is -0.332. The van der Waals surface area contributed by atoms with Crippen LogP contribution in [0.5, 0.6) is 0 Å². The van der Waals surface area contributed by atoms with E-state index in [1.807, 2.05) is 0 Å². The summed E-state index contributed by atoms with van der Waals surface area (Å²) in [6.07, 6.45) is 21.2. The van der Waals surface area contributed by atoms with Gasteiger partial charge in [-0.15, -0.1) is 0 Å². The summed E-state index contributed by atoms with van der Waals surface area (Å²) in [5, 5.41) is 72.1. The Morgan fingerprint density at radius 2 is 0.761 bits per heavy atom. The van der Waals surface area contributed by atoms with Crippen LogP contribution in [0.1, 0.15) is 226 Å². The first-order valence-corrected chi connectivity index (χ1v) is 27.1. The summed E-state index contributed by atoms with van der Waals surface area (Å²) < 4.78 is 33.6. The molecule has 0 aliphatic carbocycles. The van der Waals surface area contributed by atoms with Crippen LogP contribution in [0.15, 0.2) is 0 Å². The average molecular weight is 963 g/mol. The molecule has 15 heteroatoms. The van der Waals surface area contributed by atoms with E-state index in [1.54, 1.807) is 0 Å². The molecular weight excluding hydrogens is 865 g/mol. The number of aliphatic hydroxyl groups is 7. The van der Waals surface area contributed by atoms with E-state index < -0.39 is 92.7 Å². The number of hydrogen-bond acceptors (Lipinski definition) is 15. The number of ether oxygens (including phenoxy) is 6. The van der Waals surface area contributed by atoms with E-state index in [0.717, 1.165) is 38.5 Å². The Morgan fingerprint density at radius 3 is 1.16 bits per heavy atom. The van der Waals surface area contributed by atoms with Gasteiger partial charge in [0.1, 0.15) is 55.4 Å². The Labute approximate surface area is 404 Å². The highest BCUT2D eigenvalue weighted by molar-refractivity contribution is 5.70. The number of esters is 2. The second-order valence-corrected chi connectivity index (χ2v) is 19.4. The summed E-state index contributed by atoms with van der Waals surface area (Å²) in [6, 6.07) is 0. The third-order valence-corrected chi connectivity index (χ3v) is 13.3. The van der Waals surface area contributed by atoms with Gasteiger partial charge in [-0.25, -0.2) is 0 Å². The first kappa shape index (κ1) is 61.6.